The number of H-pyrrole nitrogens is 1. The summed E-state index contributed by atoms with van der Waals surface area (Å²) in [4.78, 5) is 23.1. The fraction of sp³-hybridized carbons (Fsp3) is 0.414. The zero-order valence-corrected chi connectivity index (χ0v) is 26.6. The second-order valence-electron chi connectivity index (χ2n) is 10.6. The summed E-state index contributed by atoms with van der Waals surface area (Å²) in [7, 11) is -3.23. The van der Waals surface area contributed by atoms with E-state index in [2.05, 4.69) is 15.0 Å². The van der Waals surface area contributed by atoms with E-state index in [1.807, 2.05) is 38.1 Å². The molecule has 2 aromatic heterocycles. The molecule has 3 heterocycles. The summed E-state index contributed by atoms with van der Waals surface area (Å²) in [6.07, 6.45) is 0.951. The van der Waals surface area contributed by atoms with Gasteiger partial charge in [-0.2, -0.15) is 5.10 Å². The van der Waals surface area contributed by atoms with Gasteiger partial charge in [0.15, 0.2) is 15.5 Å². The number of hydrogen-bond acceptors (Lipinski definition) is 7. The van der Waals surface area contributed by atoms with Crippen LogP contribution in [0.5, 0.6) is 0 Å². The highest BCUT2D eigenvalue weighted by atomic mass is 35.5. The first-order valence-corrected chi connectivity index (χ1v) is 16.2. The minimum atomic E-state index is -3.23. The molecule has 1 fully saturated rings. The van der Waals surface area contributed by atoms with Gasteiger partial charge >= 0.3 is 0 Å². The van der Waals surface area contributed by atoms with Crippen molar-refractivity contribution in [1.82, 2.24) is 24.6 Å². The van der Waals surface area contributed by atoms with E-state index in [4.69, 9.17) is 32.9 Å². The summed E-state index contributed by atoms with van der Waals surface area (Å²) in [6, 6.07) is 12.5. The molecule has 1 aliphatic heterocycles. The fourth-order valence-corrected chi connectivity index (χ4v) is 7.01. The zero-order valence-electron chi connectivity index (χ0n) is 23.5. The summed E-state index contributed by atoms with van der Waals surface area (Å²) in [5.41, 5.74) is 2.76. The van der Waals surface area contributed by atoms with Crippen LogP contribution < -0.4 is 5.56 Å². The average molecular weight is 655 g/mol. The summed E-state index contributed by atoms with van der Waals surface area (Å²) in [5, 5.41) is 5.87. The molecule has 0 unspecified atom stereocenters. The molecule has 0 atom stereocenters. The molecule has 42 heavy (non-hydrogen) atoms. The third-order valence-corrected chi connectivity index (χ3v) is 9.42. The number of aromatic amines is 1. The molecular formula is C29H34Cl3N5O4S. The Hall–Kier alpha value is -2.47. The number of rotatable bonds is 10. The molecule has 13 heteroatoms. The van der Waals surface area contributed by atoms with E-state index >= 15 is 0 Å². The molecule has 0 radical (unpaired) electrons. The Morgan fingerprint density at radius 2 is 1.67 bits per heavy atom. The number of aromatic nitrogens is 4. The molecule has 4 aromatic rings. The number of halogens is 3. The Labute approximate surface area is 261 Å². The van der Waals surface area contributed by atoms with Gasteiger partial charge in [0.05, 0.1) is 40.5 Å². The van der Waals surface area contributed by atoms with Gasteiger partial charge in [-0.1, -0.05) is 67.4 Å². The second kappa shape index (κ2) is 13.9. The van der Waals surface area contributed by atoms with Crippen LogP contribution in [0, 0.1) is 0 Å². The predicted octanol–water partition coefficient (Wildman–Crippen LogP) is 5.19. The number of nitrogens with zero attached hydrogens (tertiary/aromatic N) is 4. The van der Waals surface area contributed by atoms with E-state index < -0.39 is 9.84 Å². The van der Waals surface area contributed by atoms with Gasteiger partial charge in [0.25, 0.3) is 5.56 Å². The monoisotopic (exact) mass is 653 g/mol. The summed E-state index contributed by atoms with van der Waals surface area (Å²) < 4.78 is 32.3. The van der Waals surface area contributed by atoms with Crippen molar-refractivity contribution < 1.29 is 13.2 Å². The number of morpholine rings is 1. The quantitative estimate of drug-likeness (QED) is 0.251. The Morgan fingerprint density at radius 1 is 1.02 bits per heavy atom. The number of ether oxygens (including phenoxy) is 1. The van der Waals surface area contributed by atoms with E-state index in [0.29, 0.717) is 64.3 Å². The van der Waals surface area contributed by atoms with Crippen LogP contribution in [0.3, 0.4) is 0 Å². The summed E-state index contributed by atoms with van der Waals surface area (Å²) >= 11 is 13.0. The molecule has 0 spiro atoms. The van der Waals surface area contributed by atoms with Gasteiger partial charge in [-0.15, -0.1) is 12.4 Å². The van der Waals surface area contributed by atoms with Crippen LogP contribution in [-0.4, -0.2) is 71.7 Å². The van der Waals surface area contributed by atoms with Crippen LogP contribution in [0.25, 0.3) is 16.7 Å². The topological polar surface area (TPSA) is 110 Å². The molecular weight excluding hydrogens is 621 g/mol. The molecule has 1 saturated heterocycles. The molecule has 9 nitrogen and oxygen atoms in total. The Balaban J connectivity index is 0.00000405. The highest BCUT2D eigenvalue weighted by Crippen LogP contribution is 2.32. The van der Waals surface area contributed by atoms with Gasteiger partial charge in [0.1, 0.15) is 16.9 Å². The van der Waals surface area contributed by atoms with E-state index in [1.165, 1.54) is 0 Å². The lowest BCUT2D eigenvalue weighted by atomic mass is 10.1. The predicted molar refractivity (Wildman–Crippen MR) is 169 cm³/mol. The number of nitrogens with one attached hydrogen (secondary N) is 1. The number of benzene rings is 2. The maximum atomic E-state index is 13.2. The van der Waals surface area contributed by atoms with Crippen molar-refractivity contribution in [2.45, 2.75) is 38.4 Å². The van der Waals surface area contributed by atoms with Crippen molar-refractivity contribution in [3.05, 3.63) is 85.5 Å². The largest absolute Gasteiger partial charge is 0.379 e. The summed E-state index contributed by atoms with van der Waals surface area (Å²) in [5.74, 6) is 0.564. The number of hydrogen-bond donors (Lipinski definition) is 1. The van der Waals surface area contributed by atoms with E-state index in [-0.39, 0.29) is 35.4 Å². The van der Waals surface area contributed by atoms with E-state index in [0.717, 1.165) is 30.8 Å². The number of para-hydroxylation sites is 1. The van der Waals surface area contributed by atoms with Crippen LogP contribution in [-0.2, 0) is 26.7 Å². The molecule has 1 N–H and O–H groups in total. The lowest BCUT2D eigenvalue weighted by molar-refractivity contribution is 0.0381. The molecule has 226 valence electrons. The van der Waals surface area contributed by atoms with Crippen LogP contribution in [0.2, 0.25) is 10.0 Å². The van der Waals surface area contributed by atoms with Crippen molar-refractivity contribution in [2.24, 2.45) is 0 Å². The van der Waals surface area contributed by atoms with Crippen molar-refractivity contribution in [2.75, 3.05) is 38.6 Å². The third kappa shape index (κ3) is 7.53. The van der Waals surface area contributed by atoms with Crippen LogP contribution in [0.4, 0.5) is 0 Å². The van der Waals surface area contributed by atoms with Crippen LogP contribution >= 0.6 is 35.6 Å². The fourth-order valence-electron chi connectivity index (χ4n) is 5.04. The molecule has 2 aromatic carbocycles. The molecule has 0 saturated carbocycles. The van der Waals surface area contributed by atoms with Crippen LogP contribution in [0.1, 0.15) is 48.8 Å². The van der Waals surface area contributed by atoms with Gasteiger partial charge in [-0.05, 0) is 42.1 Å². The maximum Gasteiger partial charge on any atom is 0.262 e. The molecule has 0 amide bonds. The summed E-state index contributed by atoms with van der Waals surface area (Å²) in [6.45, 7) is 7.78. The lowest BCUT2D eigenvalue weighted by Crippen LogP contribution is -2.37. The van der Waals surface area contributed by atoms with Gasteiger partial charge in [-0.3, -0.25) is 9.69 Å². The van der Waals surface area contributed by atoms with Gasteiger partial charge in [0.2, 0.25) is 0 Å². The van der Waals surface area contributed by atoms with E-state index in [9.17, 15) is 13.2 Å². The smallest absolute Gasteiger partial charge is 0.262 e. The molecule has 0 aliphatic carbocycles. The van der Waals surface area contributed by atoms with Crippen LogP contribution in [0.15, 0.2) is 47.3 Å². The Morgan fingerprint density at radius 3 is 2.31 bits per heavy atom. The lowest BCUT2D eigenvalue weighted by Gasteiger charge is -2.26. The first kappa shape index (κ1) is 32.4. The van der Waals surface area contributed by atoms with Gasteiger partial charge in [-0.25, -0.2) is 18.1 Å². The van der Waals surface area contributed by atoms with Crippen molar-refractivity contribution >= 4 is 56.5 Å². The van der Waals surface area contributed by atoms with Crippen molar-refractivity contribution in [1.29, 1.82) is 0 Å². The highest BCUT2D eigenvalue weighted by Gasteiger charge is 2.22. The zero-order chi connectivity index (χ0) is 29.1. The highest BCUT2D eigenvalue weighted by molar-refractivity contribution is 7.90. The molecule has 0 bridgehead atoms. The normalized spacial score (nSPS) is 14.4. The minimum absolute atomic E-state index is 0. The third-order valence-electron chi connectivity index (χ3n) is 7.12. The Kier molecular flexibility index (Phi) is 10.7. The van der Waals surface area contributed by atoms with Gasteiger partial charge in [0, 0.05) is 19.5 Å². The first-order valence-electron chi connectivity index (χ1n) is 13.7. The first-order chi connectivity index (χ1) is 19.6. The van der Waals surface area contributed by atoms with E-state index in [1.54, 1.807) is 22.9 Å². The average Bonchev–Trinajstić information content (AvgIpc) is 3.30. The van der Waals surface area contributed by atoms with Crippen molar-refractivity contribution in [3.8, 4) is 5.69 Å². The molecule has 1 aliphatic rings. The van der Waals surface area contributed by atoms with Crippen molar-refractivity contribution in [3.63, 3.8) is 0 Å². The Bertz CT molecular complexity index is 1680. The standard InChI is InChI=1S/C29H33Cl2N5O4S.ClH/c1-19(2)26-25-28(36(34-26)27-22(30)5-3-6-23(27)31)32-24(33-29(25)37)17-20-7-9-21(10-8-20)18-41(38,39)16-4-11-35-12-14-40-15-13-35;/h3,5-10,19H,4,11-18H2,1-2H3,(H,32,33,37);1H. The second-order valence-corrected chi connectivity index (χ2v) is 13.6. The van der Waals surface area contributed by atoms with Gasteiger partial charge < -0.3 is 9.72 Å². The molecule has 5 rings (SSSR count). The number of sulfone groups is 1. The SMILES string of the molecule is CC(C)c1nn(-c2c(Cl)cccc2Cl)c2nc(Cc3ccc(CS(=O)(=O)CCCN4CCOCC4)cc3)[nH]c(=O)c12.Cl. The minimum Gasteiger partial charge on any atom is -0.379 e. The number of fused-ring (bicyclic) bond motifs is 1. The maximum absolute atomic E-state index is 13.2.